The summed E-state index contributed by atoms with van der Waals surface area (Å²) in [4.78, 5) is 29.1. The van der Waals surface area contributed by atoms with Gasteiger partial charge in [0.25, 0.3) is 5.91 Å². The average molecular weight is 377 g/mol. The van der Waals surface area contributed by atoms with Gasteiger partial charge in [0.15, 0.2) is 0 Å². The number of imide groups is 1. The number of benzene rings is 2. The number of nitriles is 1. The molecule has 1 fully saturated rings. The monoisotopic (exact) mass is 376 g/mol. The first-order valence-corrected chi connectivity index (χ1v) is 8.53. The number of carbonyl (C=O) groups excluding carboxylic acids is 2. The number of amides is 3. The van der Waals surface area contributed by atoms with Gasteiger partial charge in [-0.25, -0.2) is 4.79 Å². The molecule has 2 aromatic carbocycles. The molecule has 4 rings (SSSR count). The smallest absolute Gasteiger partial charge is 0.329 e. The number of rotatable bonds is 3. The molecule has 1 aliphatic rings. The first-order chi connectivity index (χ1) is 13.0. The fourth-order valence-corrected chi connectivity index (χ4v) is 3.15. The Bertz CT molecular complexity index is 1140. The largest absolute Gasteiger partial charge is 0.361 e. The van der Waals surface area contributed by atoms with Crippen LogP contribution in [-0.4, -0.2) is 21.8 Å². The fraction of sp³-hybridized carbons (Fsp3) is 0.0500. The van der Waals surface area contributed by atoms with Gasteiger partial charge in [-0.2, -0.15) is 5.26 Å². The summed E-state index contributed by atoms with van der Waals surface area (Å²) in [7, 11) is 0. The van der Waals surface area contributed by atoms with Crippen LogP contribution in [0, 0.1) is 11.3 Å². The number of aromatic nitrogens is 1. The molecule has 27 heavy (non-hydrogen) atoms. The van der Waals surface area contributed by atoms with Gasteiger partial charge in [0.1, 0.15) is 5.70 Å². The summed E-state index contributed by atoms with van der Waals surface area (Å²) in [5, 5.41) is 13.0. The molecule has 6 nitrogen and oxygen atoms in total. The number of hydrogen-bond donors (Lipinski definition) is 2. The average Bonchev–Trinajstić information content (AvgIpc) is 3.18. The first kappa shape index (κ1) is 16.9. The van der Waals surface area contributed by atoms with Gasteiger partial charge in [-0.05, 0) is 35.9 Å². The van der Waals surface area contributed by atoms with Crippen molar-refractivity contribution in [3.8, 4) is 6.07 Å². The number of fused-ring (bicyclic) bond motifs is 1. The van der Waals surface area contributed by atoms with Gasteiger partial charge in [0, 0.05) is 27.7 Å². The number of nitrogens with zero attached hydrogens (tertiary/aromatic N) is 2. The van der Waals surface area contributed by atoms with Crippen molar-refractivity contribution in [1.82, 2.24) is 15.2 Å². The van der Waals surface area contributed by atoms with E-state index in [0.717, 1.165) is 26.9 Å². The van der Waals surface area contributed by atoms with Gasteiger partial charge >= 0.3 is 6.03 Å². The molecule has 132 valence electrons. The molecule has 0 spiro atoms. The standard InChI is InChI=1S/C20H13ClN4O2/c21-15-5-6-16-14(10-23-17(16)8-15)7-18-19(26)25(20(27)24-18)11-13-3-1-12(9-22)2-4-13/h1-8,10,23H,11H2,(H,24,27)/b18-7-. The highest BCUT2D eigenvalue weighted by Gasteiger charge is 2.33. The molecule has 1 saturated heterocycles. The highest BCUT2D eigenvalue weighted by atomic mass is 35.5. The molecule has 0 radical (unpaired) electrons. The molecular weight excluding hydrogens is 364 g/mol. The van der Waals surface area contributed by atoms with Gasteiger partial charge in [-0.1, -0.05) is 29.8 Å². The van der Waals surface area contributed by atoms with Crippen LogP contribution < -0.4 is 5.32 Å². The minimum atomic E-state index is -0.474. The molecule has 0 atom stereocenters. The molecule has 0 saturated carbocycles. The highest BCUT2D eigenvalue weighted by Crippen LogP contribution is 2.25. The Morgan fingerprint density at radius 3 is 2.67 bits per heavy atom. The van der Waals surface area contributed by atoms with E-state index in [1.165, 1.54) is 0 Å². The second kappa shape index (κ2) is 6.63. The zero-order valence-electron chi connectivity index (χ0n) is 14.0. The van der Waals surface area contributed by atoms with Crippen LogP contribution in [-0.2, 0) is 11.3 Å². The van der Waals surface area contributed by atoms with E-state index in [2.05, 4.69) is 10.3 Å². The molecule has 2 heterocycles. The Morgan fingerprint density at radius 1 is 1.15 bits per heavy atom. The van der Waals surface area contributed by atoms with Crippen LogP contribution >= 0.6 is 11.6 Å². The second-order valence-electron chi connectivity index (χ2n) is 6.12. The lowest BCUT2D eigenvalue weighted by Crippen LogP contribution is -2.30. The minimum absolute atomic E-state index is 0.136. The Labute approximate surface area is 159 Å². The third-order valence-electron chi connectivity index (χ3n) is 4.36. The summed E-state index contributed by atoms with van der Waals surface area (Å²) in [5.74, 6) is -0.396. The summed E-state index contributed by atoms with van der Waals surface area (Å²) in [6, 6.07) is 13.7. The van der Waals surface area contributed by atoms with E-state index in [0.29, 0.717) is 10.6 Å². The van der Waals surface area contributed by atoms with Crippen molar-refractivity contribution in [1.29, 1.82) is 5.26 Å². The Balaban J connectivity index is 1.59. The lowest BCUT2D eigenvalue weighted by molar-refractivity contribution is -0.123. The van der Waals surface area contributed by atoms with Crippen molar-refractivity contribution in [3.63, 3.8) is 0 Å². The van der Waals surface area contributed by atoms with Crippen molar-refractivity contribution < 1.29 is 9.59 Å². The van der Waals surface area contributed by atoms with Crippen LogP contribution in [0.25, 0.3) is 17.0 Å². The van der Waals surface area contributed by atoms with Gasteiger partial charge < -0.3 is 10.3 Å². The Morgan fingerprint density at radius 2 is 1.93 bits per heavy atom. The number of hydrogen-bond acceptors (Lipinski definition) is 3. The van der Waals surface area contributed by atoms with Crippen molar-refractivity contribution in [2.24, 2.45) is 0 Å². The topological polar surface area (TPSA) is 89.0 Å². The predicted molar refractivity (Wildman–Crippen MR) is 102 cm³/mol. The summed E-state index contributed by atoms with van der Waals surface area (Å²) in [6.45, 7) is 0.136. The molecule has 1 aliphatic heterocycles. The predicted octanol–water partition coefficient (Wildman–Crippen LogP) is 3.79. The lowest BCUT2D eigenvalue weighted by atomic mass is 10.1. The van der Waals surface area contributed by atoms with Crippen LogP contribution in [0.15, 0.2) is 54.4 Å². The van der Waals surface area contributed by atoms with Crippen molar-refractivity contribution in [3.05, 3.63) is 76.1 Å². The fourth-order valence-electron chi connectivity index (χ4n) is 2.98. The lowest BCUT2D eigenvalue weighted by Gasteiger charge is -2.11. The van der Waals surface area contributed by atoms with Crippen LogP contribution in [0.4, 0.5) is 4.79 Å². The molecule has 7 heteroatoms. The maximum atomic E-state index is 12.7. The van der Waals surface area contributed by atoms with Gasteiger partial charge in [-0.3, -0.25) is 9.69 Å². The van der Waals surface area contributed by atoms with E-state index in [1.807, 2.05) is 12.1 Å². The highest BCUT2D eigenvalue weighted by molar-refractivity contribution is 6.31. The van der Waals surface area contributed by atoms with E-state index in [4.69, 9.17) is 16.9 Å². The van der Waals surface area contributed by atoms with Crippen LogP contribution in [0.5, 0.6) is 0 Å². The molecular formula is C20H13ClN4O2. The molecule has 0 aliphatic carbocycles. The summed E-state index contributed by atoms with van der Waals surface area (Å²) in [6.07, 6.45) is 3.41. The first-order valence-electron chi connectivity index (χ1n) is 8.15. The zero-order chi connectivity index (χ0) is 19.0. The summed E-state index contributed by atoms with van der Waals surface area (Å²) in [5.41, 5.74) is 3.13. The third-order valence-corrected chi connectivity index (χ3v) is 4.60. The van der Waals surface area contributed by atoms with E-state index >= 15 is 0 Å². The van der Waals surface area contributed by atoms with E-state index < -0.39 is 11.9 Å². The van der Waals surface area contributed by atoms with Gasteiger partial charge in [-0.15, -0.1) is 0 Å². The number of carbonyl (C=O) groups is 2. The van der Waals surface area contributed by atoms with Crippen molar-refractivity contribution >= 4 is 40.5 Å². The number of nitrogens with one attached hydrogen (secondary N) is 2. The third kappa shape index (κ3) is 3.16. The molecule has 1 aromatic heterocycles. The number of aromatic amines is 1. The van der Waals surface area contributed by atoms with Crippen LogP contribution in [0.3, 0.4) is 0 Å². The Hall–Kier alpha value is -3.56. The van der Waals surface area contributed by atoms with E-state index in [-0.39, 0.29) is 12.2 Å². The Kier molecular flexibility index (Phi) is 4.15. The maximum Gasteiger partial charge on any atom is 0.329 e. The maximum absolute atomic E-state index is 12.7. The van der Waals surface area contributed by atoms with E-state index in [1.54, 1.807) is 48.7 Å². The number of H-pyrrole nitrogens is 1. The normalized spacial score (nSPS) is 15.4. The molecule has 0 unspecified atom stereocenters. The molecule has 0 bridgehead atoms. The van der Waals surface area contributed by atoms with Gasteiger partial charge in [0.05, 0.1) is 18.2 Å². The number of urea groups is 1. The van der Waals surface area contributed by atoms with Gasteiger partial charge in [0.2, 0.25) is 0 Å². The number of halogens is 1. The summed E-state index contributed by atoms with van der Waals surface area (Å²) < 4.78 is 0. The second-order valence-corrected chi connectivity index (χ2v) is 6.56. The van der Waals surface area contributed by atoms with Crippen molar-refractivity contribution in [2.45, 2.75) is 6.54 Å². The molecule has 3 aromatic rings. The minimum Gasteiger partial charge on any atom is -0.361 e. The van der Waals surface area contributed by atoms with Crippen LogP contribution in [0.1, 0.15) is 16.7 Å². The molecule has 2 N–H and O–H groups in total. The van der Waals surface area contributed by atoms with E-state index in [9.17, 15) is 9.59 Å². The zero-order valence-corrected chi connectivity index (χ0v) is 14.7. The summed E-state index contributed by atoms with van der Waals surface area (Å²) >= 11 is 5.98. The SMILES string of the molecule is N#Cc1ccc(CN2C(=O)N/C(=C\c3c[nH]c4cc(Cl)ccc34)C2=O)cc1. The quantitative estimate of drug-likeness (QED) is 0.538. The molecule has 3 amide bonds. The van der Waals surface area contributed by atoms with Crippen molar-refractivity contribution in [2.75, 3.05) is 0 Å². The van der Waals surface area contributed by atoms with Crippen LogP contribution in [0.2, 0.25) is 5.02 Å².